The first-order valence-corrected chi connectivity index (χ1v) is 9.38. The van der Waals surface area contributed by atoms with Gasteiger partial charge in [-0.15, -0.1) is 5.10 Å². The Morgan fingerprint density at radius 3 is 2.69 bits per heavy atom. The monoisotopic (exact) mass is 395 g/mol. The van der Waals surface area contributed by atoms with Gasteiger partial charge >= 0.3 is 6.01 Å². The van der Waals surface area contributed by atoms with E-state index in [9.17, 15) is 4.79 Å². The summed E-state index contributed by atoms with van der Waals surface area (Å²) in [6, 6.07) is 12.4. The zero-order valence-electron chi connectivity index (χ0n) is 16.3. The summed E-state index contributed by atoms with van der Waals surface area (Å²) >= 11 is 0. The number of unbranched alkanes of at least 4 members (excludes halogenated alkanes) is 1. The van der Waals surface area contributed by atoms with E-state index < -0.39 is 0 Å². The second kappa shape index (κ2) is 8.22. The lowest BCUT2D eigenvalue weighted by Crippen LogP contribution is -2.15. The predicted octanol–water partition coefficient (Wildman–Crippen LogP) is 3.55. The molecule has 0 saturated carbocycles. The van der Waals surface area contributed by atoms with Crippen LogP contribution in [0.1, 0.15) is 30.1 Å². The van der Waals surface area contributed by atoms with Crippen molar-refractivity contribution in [1.82, 2.24) is 14.8 Å². The second-order valence-corrected chi connectivity index (χ2v) is 6.43. The maximum absolute atomic E-state index is 13.2. The van der Waals surface area contributed by atoms with Crippen LogP contribution in [-0.2, 0) is 0 Å². The Labute approximate surface area is 168 Å². The van der Waals surface area contributed by atoms with E-state index in [1.165, 1.54) is 4.68 Å². The van der Waals surface area contributed by atoms with Crippen molar-refractivity contribution in [3.05, 3.63) is 48.0 Å². The minimum Gasteiger partial charge on any atom is -0.497 e. The van der Waals surface area contributed by atoms with Gasteiger partial charge in [0.05, 0.1) is 13.7 Å². The largest absolute Gasteiger partial charge is 0.497 e. The molecule has 0 radical (unpaired) electrons. The van der Waals surface area contributed by atoms with Crippen molar-refractivity contribution >= 4 is 5.91 Å². The fourth-order valence-corrected chi connectivity index (χ4v) is 2.88. The van der Waals surface area contributed by atoms with Gasteiger partial charge in [0.2, 0.25) is 6.79 Å². The average molecular weight is 395 g/mol. The fourth-order valence-electron chi connectivity index (χ4n) is 2.88. The van der Waals surface area contributed by atoms with Gasteiger partial charge in [0.25, 0.3) is 5.91 Å². The van der Waals surface area contributed by atoms with Crippen molar-refractivity contribution in [2.45, 2.75) is 19.8 Å². The number of benzene rings is 2. The first kappa shape index (κ1) is 18.8. The highest BCUT2D eigenvalue weighted by molar-refractivity contribution is 5.98. The van der Waals surface area contributed by atoms with Crippen molar-refractivity contribution in [3.63, 3.8) is 0 Å². The lowest BCUT2D eigenvalue weighted by atomic mass is 10.1. The maximum Gasteiger partial charge on any atom is 0.336 e. The van der Waals surface area contributed by atoms with Crippen LogP contribution in [0.2, 0.25) is 0 Å². The molecule has 1 aromatic heterocycles. The summed E-state index contributed by atoms with van der Waals surface area (Å²) in [5.74, 6) is 1.90. The number of hydrogen-bond donors (Lipinski definition) is 0. The summed E-state index contributed by atoms with van der Waals surface area (Å²) in [7, 11) is 1.60. The number of carbonyl (C=O) groups excluding carboxylic acids is 1. The molecule has 0 atom stereocenters. The summed E-state index contributed by atoms with van der Waals surface area (Å²) < 4.78 is 22.8. The van der Waals surface area contributed by atoms with Crippen LogP contribution in [0.4, 0.5) is 0 Å². The van der Waals surface area contributed by atoms with Crippen LogP contribution in [0.25, 0.3) is 11.4 Å². The Kier molecular flexibility index (Phi) is 5.33. The number of rotatable bonds is 7. The molecule has 0 unspecified atom stereocenters. The van der Waals surface area contributed by atoms with E-state index in [1.807, 2.05) is 12.1 Å². The predicted molar refractivity (Wildman–Crippen MR) is 105 cm³/mol. The van der Waals surface area contributed by atoms with E-state index in [0.29, 0.717) is 35.2 Å². The number of nitrogens with zero attached hydrogens (tertiary/aromatic N) is 3. The lowest BCUT2D eigenvalue weighted by molar-refractivity contribution is 0.0944. The molecule has 0 fully saturated rings. The highest BCUT2D eigenvalue weighted by atomic mass is 16.7. The number of aromatic nitrogens is 3. The van der Waals surface area contributed by atoms with Crippen molar-refractivity contribution in [2.75, 3.05) is 20.5 Å². The molecule has 2 aromatic carbocycles. The molecule has 0 aliphatic carbocycles. The number of ether oxygens (including phenoxy) is 4. The Bertz CT molecular complexity index is 1010. The van der Waals surface area contributed by atoms with Crippen LogP contribution in [-0.4, -0.2) is 41.2 Å². The normalized spacial score (nSPS) is 12.1. The maximum atomic E-state index is 13.2. The van der Waals surface area contributed by atoms with Crippen molar-refractivity contribution in [2.24, 2.45) is 0 Å². The van der Waals surface area contributed by atoms with E-state index in [1.54, 1.807) is 37.4 Å². The number of methoxy groups -OCH3 is 1. The van der Waals surface area contributed by atoms with Gasteiger partial charge in [-0.3, -0.25) is 4.79 Å². The van der Waals surface area contributed by atoms with Crippen molar-refractivity contribution < 1.29 is 23.7 Å². The number of carbonyl (C=O) groups is 1. The Balaban J connectivity index is 1.70. The molecule has 0 bridgehead atoms. The summed E-state index contributed by atoms with van der Waals surface area (Å²) in [6.45, 7) is 2.70. The minimum atomic E-state index is -0.341. The zero-order chi connectivity index (χ0) is 20.2. The third-order valence-electron chi connectivity index (χ3n) is 4.48. The zero-order valence-corrected chi connectivity index (χ0v) is 16.3. The summed E-state index contributed by atoms with van der Waals surface area (Å²) in [5, 5.41) is 4.30. The quantitative estimate of drug-likeness (QED) is 0.566. The topological polar surface area (TPSA) is 84.7 Å². The second-order valence-electron chi connectivity index (χ2n) is 6.43. The molecule has 1 aliphatic rings. The molecule has 0 N–H and O–H groups in total. The highest BCUT2D eigenvalue weighted by Gasteiger charge is 2.22. The van der Waals surface area contributed by atoms with Crippen LogP contribution in [0.5, 0.6) is 23.3 Å². The third-order valence-corrected chi connectivity index (χ3v) is 4.48. The van der Waals surface area contributed by atoms with Crippen LogP contribution >= 0.6 is 0 Å². The smallest absolute Gasteiger partial charge is 0.336 e. The Morgan fingerprint density at radius 1 is 1.14 bits per heavy atom. The van der Waals surface area contributed by atoms with Crippen LogP contribution < -0.4 is 18.9 Å². The lowest BCUT2D eigenvalue weighted by Gasteiger charge is -2.06. The number of hydrogen-bond acceptors (Lipinski definition) is 7. The fraction of sp³-hybridized carbons (Fsp3) is 0.286. The molecule has 2 heterocycles. The Morgan fingerprint density at radius 2 is 1.93 bits per heavy atom. The molecular weight excluding hydrogens is 374 g/mol. The summed E-state index contributed by atoms with van der Waals surface area (Å²) in [6.07, 6.45) is 1.87. The van der Waals surface area contributed by atoms with Gasteiger partial charge < -0.3 is 18.9 Å². The minimum absolute atomic E-state index is 0.142. The van der Waals surface area contributed by atoms with Gasteiger partial charge in [0.1, 0.15) is 5.75 Å². The first-order chi connectivity index (χ1) is 14.2. The summed E-state index contributed by atoms with van der Waals surface area (Å²) in [5.41, 5.74) is 1.13. The van der Waals surface area contributed by atoms with Gasteiger partial charge in [-0.25, -0.2) is 0 Å². The van der Waals surface area contributed by atoms with Gasteiger partial charge in [0, 0.05) is 11.1 Å². The molecule has 8 heteroatoms. The summed E-state index contributed by atoms with van der Waals surface area (Å²) in [4.78, 5) is 17.6. The number of fused-ring (bicyclic) bond motifs is 1. The van der Waals surface area contributed by atoms with E-state index >= 15 is 0 Å². The van der Waals surface area contributed by atoms with E-state index in [4.69, 9.17) is 18.9 Å². The molecule has 4 rings (SSSR count). The van der Waals surface area contributed by atoms with E-state index in [-0.39, 0.29) is 18.7 Å². The molecule has 29 heavy (non-hydrogen) atoms. The van der Waals surface area contributed by atoms with E-state index in [2.05, 4.69) is 17.0 Å². The van der Waals surface area contributed by atoms with E-state index in [0.717, 1.165) is 18.4 Å². The van der Waals surface area contributed by atoms with Gasteiger partial charge in [-0.2, -0.15) is 9.67 Å². The first-order valence-electron chi connectivity index (χ1n) is 9.38. The van der Waals surface area contributed by atoms with Crippen molar-refractivity contribution in [1.29, 1.82) is 0 Å². The molecule has 8 nitrogen and oxygen atoms in total. The van der Waals surface area contributed by atoms with Crippen LogP contribution in [0.15, 0.2) is 42.5 Å². The molecular formula is C21H21N3O5. The molecule has 0 amide bonds. The molecule has 150 valence electrons. The average Bonchev–Trinajstić information content (AvgIpc) is 3.40. The SMILES string of the molecule is CCCCOc1nc(-c2ccc(OC)cc2)n(C(=O)c2ccc3c(c2)OCO3)n1. The van der Waals surface area contributed by atoms with Crippen LogP contribution in [0.3, 0.4) is 0 Å². The van der Waals surface area contributed by atoms with Gasteiger partial charge in [-0.05, 0) is 48.9 Å². The molecule has 3 aromatic rings. The molecule has 1 aliphatic heterocycles. The third kappa shape index (κ3) is 3.87. The highest BCUT2D eigenvalue weighted by Crippen LogP contribution is 2.33. The standard InChI is InChI=1S/C21H21N3O5/c1-3-4-11-27-21-22-19(14-5-8-16(26-2)9-6-14)24(23-21)20(25)15-7-10-17-18(12-15)29-13-28-17/h5-10,12H,3-4,11,13H2,1-2H3. The van der Waals surface area contributed by atoms with Crippen molar-refractivity contribution in [3.8, 4) is 34.6 Å². The van der Waals surface area contributed by atoms with Gasteiger partial charge in [0.15, 0.2) is 17.3 Å². The Hall–Kier alpha value is -3.55. The van der Waals surface area contributed by atoms with Crippen LogP contribution in [0, 0.1) is 0 Å². The van der Waals surface area contributed by atoms with Gasteiger partial charge in [-0.1, -0.05) is 13.3 Å². The molecule has 0 saturated heterocycles. The molecule has 0 spiro atoms.